The van der Waals surface area contributed by atoms with E-state index in [1.807, 2.05) is 12.1 Å². The van der Waals surface area contributed by atoms with Crippen molar-refractivity contribution in [2.75, 3.05) is 47.4 Å². The monoisotopic (exact) mass is 555 g/mol. The molecule has 2 fully saturated rings. The minimum Gasteiger partial charge on any atom is -0.497 e. The van der Waals surface area contributed by atoms with Crippen LogP contribution < -0.4 is 4.74 Å². The predicted octanol–water partition coefficient (Wildman–Crippen LogP) is 4.01. The molecule has 0 unspecified atom stereocenters. The Morgan fingerprint density at radius 2 is 1.80 bits per heavy atom. The maximum atomic E-state index is 13.4. The van der Waals surface area contributed by atoms with Crippen LogP contribution in [-0.2, 0) is 35.0 Å². The maximum Gasteiger partial charge on any atom is 0.410 e. The van der Waals surface area contributed by atoms with E-state index in [9.17, 15) is 14.4 Å². The number of methoxy groups -OCH3 is 2. The van der Waals surface area contributed by atoms with Gasteiger partial charge in [0.15, 0.2) is 0 Å². The zero-order valence-electron chi connectivity index (χ0n) is 23.0. The Bertz CT molecular complexity index is 1120. The molecule has 10 nitrogen and oxygen atoms in total. The summed E-state index contributed by atoms with van der Waals surface area (Å²) in [6.45, 7) is 0.606. The number of ketones is 1. The lowest BCUT2D eigenvalue weighted by Gasteiger charge is -2.44. The zero-order valence-corrected chi connectivity index (χ0v) is 23.0. The number of esters is 1. The maximum absolute atomic E-state index is 13.4. The van der Waals surface area contributed by atoms with Gasteiger partial charge in [0.2, 0.25) is 0 Å². The normalized spacial score (nSPS) is 21.6. The van der Waals surface area contributed by atoms with Crippen LogP contribution in [-0.4, -0.2) is 81.8 Å². The summed E-state index contributed by atoms with van der Waals surface area (Å²) in [6, 6.07) is 15.9. The van der Waals surface area contributed by atoms with E-state index in [-0.39, 0.29) is 32.3 Å². The third-order valence-corrected chi connectivity index (χ3v) is 7.39. The van der Waals surface area contributed by atoms with E-state index >= 15 is 0 Å². The Morgan fingerprint density at radius 1 is 1.02 bits per heavy atom. The molecule has 4 rings (SSSR count). The molecule has 0 radical (unpaired) electrons. The lowest BCUT2D eigenvalue weighted by atomic mass is 9.75. The average molecular weight is 556 g/mol. The van der Waals surface area contributed by atoms with Gasteiger partial charge >= 0.3 is 12.1 Å². The van der Waals surface area contributed by atoms with Crippen LogP contribution in [0.1, 0.15) is 41.6 Å². The van der Waals surface area contributed by atoms with Crippen molar-refractivity contribution >= 4 is 17.8 Å². The molecule has 2 aliphatic rings. The first-order chi connectivity index (χ1) is 19.5. The van der Waals surface area contributed by atoms with Crippen LogP contribution in [0.2, 0.25) is 0 Å². The van der Waals surface area contributed by atoms with Gasteiger partial charge in [-0.3, -0.25) is 9.69 Å². The Morgan fingerprint density at radius 3 is 2.50 bits per heavy atom. The number of ether oxygens (including phenoxy) is 6. The summed E-state index contributed by atoms with van der Waals surface area (Å²) in [5, 5.41) is 0. The molecule has 1 saturated carbocycles. The highest BCUT2D eigenvalue weighted by Crippen LogP contribution is 2.40. The molecule has 216 valence electrons. The van der Waals surface area contributed by atoms with Gasteiger partial charge in [-0.05, 0) is 42.7 Å². The minimum atomic E-state index is -1.27. The molecule has 0 N–H and O–H groups in total. The van der Waals surface area contributed by atoms with Crippen LogP contribution in [0.5, 0.6) is 5.75 Å². The molecule has 1 heterocycles. The Labute approximate surface area is 234 Å². The summed E-state index contributed by atoms with van der Waals surface area (Å²) < 4.78 is 33.5. The number of carbonyl (C=O) groups is 3. The Hall–Kier alpha value is -3.47. The van der Waals surface area contributed by atoms with Gasteiger partial charge in [0.1, 0.15) is 36.6 Å². The van der Waals surface area contributed by atoms with Crippen molar-refractivity contribution in [1.29, 1.82) is 0 Å². The highest BCUT2D eigenvalue weighted by atomic mass is 16.7. The van der Waals surface area contributed by atoms with E-state index in [0.29, 0.717) is 37.4 Å². The van der Waals surface area contributed by atoms with Gasteiger partial charge in [0.25, 0.3) is 0 Å². The fourth-order valence-corrected chi connectivity index (χ4v) is 5.23. The standard InChI is InChI=1S/C30H37NO9/c1-35-16-17-37-21-38-19-30(20-39-29(34)31(30)18-22-12-14-24(36-2)15-13-22)27(25-10-6-7-11-26(25)32)40-28(33)23-8-4-3-5-9-23/h3-5,8-9,12-15,25,27H,6-7,10-11,16-21H2,1-2H3/t25-,27-,30-/m0/s1. The number of benzene rings is 2. The van der Waals surface area contributed by atoms with Crippen molar-refractivity contribution in [3.8, 4) is 5.75 Å². The van der Waals surface area contributed by atoms with E-state index < -0.39 is 29.6 Å². The summed E-state index contributed by atoms with van der Waals surface area (Å²) in [4.78, 5) is 41.5. The smallest absolute Gasteiger partial charge is 0.410 e. The van der Waals surface area contributed by atoms with E-state index in [1.54, 1.807) is 56.7 Å². The second-order valence-corrected chi connectivity index (χ2v) is 9.97. The molecule has 0 bridgehead atoms. The fourth-order valence-electron chi connectivity index (χ4n) is 5.23. The molecule has 1 saturated heterocycles. The third kappa shape index (κ3) is 6.99. The predicted molar refractivity (Wildman–Crippen MR) is 144 cm³/mol. The average Bonchev–Trinajstić information content (AvgIpc) is 3.30. The van der Waals surface area contributed by atoms with Gasteiger partial charge in [-0.25, -0.2) is 9.59 Å². The summed E-state index contributed by atoms with van der Waals surface area (Å²) in [5.74, 6) is -0.523. The molecule has 2 aromatic rings. The number of amides is 1. The zero-order chi connectivity index (χ0) is 28.4. The van der Waals surface area contributed by atoms with Gasteiger partial charge < -0.3 is 28.4 Å². The van der Waals surface area contributed by atoms with E-state index in [1.165, 1.54) is 4.90 Å². The molecular formula is C30H37NO9. The molecule has 40 heavy (non-hydrogen) atoms. The molecule has 1 aliphatic heterocycles. The summed E-state index contributed by atoms with van der Waals surface area (Å²) in [7, 11) is 3.15. The number of rotatable bonds is 14. The first-order valence-electron chi connectivity index (χ1n) is 13.5. The molecule has 10 heteroatoms. The van der Waals surface area contributed by atoms with Crippen LogP contribution in [0.15, 0.2) is 54.6 Å². The molecule has 3 atom stereocenters. The second kappa shape index (κ2) is 14.2. The Kier molecular flexibility index (Phi) is 10.5. The first-order valence-corrected chi connectivity index (χ1v) is 13.5. The minimum absolute atomic E-state index is 0.00317. The van der Waals surface area contributed by atoms with E-state index in [2.05, 4.69) is 0 Å². The highest BCUT2D eigenvalue weighted by molar-refractivity contribution is 5.90. The van der Waals surface area contributed by atoms with Crippen molar-refractivity contribution in [3.05, 3.63) is 65.7 Å². The molecule has 0 aromatic heterocycles. The van der Waals surface area contributed by atoms with Crippen molar-refractivity contribution in [3.63, 3.8) is 0 Å². The molecule has 1 amide bonds. The van der Waals surface area contributed by atoms with Crippen LogP contribution in [0.3, 0.4) is 0 Å². The molecule has 2 aromatic carbocycles. The Balaban J connectivity index is 1.69. The SMILES string of the molecule is COCCOCOC[C@@]1([C@@H](OC(=O)c2ccccc2)[C@H]2CCCCC2=O)COC(=O)N1Cc1ccc(OC)cc1. The van der Waals surface area contributed by atoms with Gasteiger partial charge in [-0.1, -0.05) is 36.8 Å². The quantitative estimate of drug-likeness (QED) is 0.194. The fraction of sp³-hybridized carbons (Fsp3) is 0.500. The lowest BCUT2D eigenvalue weighted by Crippen LogP contribution is -2.63. The van der Waals surface area contributed by atoms with Crippen LogP contribution >= 0.6 is 0 Å². The number of carbonyl (C=O) groups excluding carboxylic acids is 3. The number of Topliss-reactive ketones (excluding diaryl/α,β-unsaturated/α-hetero) is 1. The summed E-state index contributed by atoms with van der Waals surface area (Å²) in [5.41, 5.74) is -0.117. The molecule has 1 aliphatic carbocycles. The van der Waals surface area contributed by atoms with E-state index in [0.717, 1.165) is 18.4 Å². The van der Waals surface area contributed by atoms with Crippen LogP contribution in [0.4, 0.5) is 4.79 Å². The van der Waals surface area contributed by atoms with Gasteiger partial charge in [-0.2, -0.15) is 0 Å². The highest BCUT2D eigenvalue weighted by Gasteiger charge is 2.58. The van der Waals surface area contributed by atoms with Gasteiger partial charge in [0, 0.05) is 20.1 Å². The summed E-state index contributed by atoms with van der Waals surface area (Å²) >= 11 is 0. The van der Waals surface area contributed by atoms with Crippen LogP contribution in [0.25, 0.3) is 0 Å². The summed E-state index contributed by atoms with van der Waals surface area (Å²) in [6.07, 6.45) is 0.910. The third-order valence-electron chi connectivity index (χ3n) is 7.39. The number of hydrogen-bond acceptors (Lipinski definition) is 9. The number of hydrogen-bond donors (Lipinski definition) is 0. The van der Waals surface area contributed by atoms with Crippen molar-refractivity contribution in [2.45, 2.75) is 43.9 Å². The van der Waals surface area contributed by atoms with Crippen molar-refractivity contribution in [1.82, 2.24) is 4.90 Å². The second-order valence-electron chi connectivity index (χ2n) is 9.97. The first kappa shape index (κ1) is 29.5. The van der Waals surface area contributed by atoms with Crippen LogP contribution in [0, 0.1) is 5.92 Å². The van der Waals surface area contributed by atoms with E-state index in [4.69, 9.17) is 28.4 Å². The number of nitrogens with zero attached hydrogens (tertiary/aromatic N) is 1. The lowest BCUT2D eigenvalue weighted by molar-refractivity contribution is -0.145. The topological polar surface area (TPSA) is 110 Å². The molecule has 0 spiro atoms. The van der Waals surface area contributed by atoms with Gasteiger partial charge in [-0.15, -0.1) is 0 Å². The van der Waals surface area contributed by atoms with Crippen molar-refractivity contribution < 1.29 is 42.8 Å². The largest absolute Gasteiger partial charge is 0.497 e. The molecular weight excluding hydrogens is 518 g/mol. The van der Waals surface area contributed by atoms with Gasteiger partial charge in [0.05, 0.1) is 38.4 Å². The number of cyclic esters (lactones) is 1. The van der Waals surface area contributed by atoms with Crippen molar-refractivity contribution in [2.24, 2.45) is 5.92 Å².